The molecule has 2 rings (SSSR count). The Morgan fingerprint density at radius 2 is 1.95 bits per heavy atom. The normalized spacial score (nSPS) is 15.2. The lowest BCUT2D eigenvalue weighted by atomic mass is 9.93. The van der Waals surface area contributed by atoms with Crippen LogP contribution in [0.5, 0.6) is 0 Å². The lowest BCUT2D eigenvalue weighted by molar-refractivity contribution is 0.0224. The summed E-state index contributed by atoms with van der Waals surface area (Å²) in [4.78, 5) is 13.9. The van der Waals surface area contributed by atoms with E-state index in [0.717, 1.165) is 13.0 Å². The number of nitrogens with zero attached hydrogens (tertiary/aromatic N) is 1. The molecule has 0 aromatic heterocycles. The first-order valence-electron chi connectivity index (χ1n) is 7.36. The zero-order chi connectivity index (χ0) is 14.9. The Bertz CT molecular complexity index is 500. The molecule has 0 unspecified atom stereocenters. The van der Waals surface area contributed by atoms with Crippen LogP contribution in [0, 0.1) is 0 Å². The van der Waals surface area contributed by atoms with Gasteiger partial charge in [0.05, 0.1) is 0 Å². The van der Waals surface area contributed by atoms with Gasteiger partial charge in [0.15, 0.2) is 0 Å². The number of ether oxygens (including phenoxy) is 1. The van der Waals surface area contributed by atoms with E-state index in [1.807, 2.05) is 20.8 Å². The molecule has 3 nitrogen and oxygen atoms in total. The van der Waals surface area contributed by atoms with Crippen LogP contribution in [0.1, 0.15) is 57.2 Å². The maximum atomic E-state index is 12.1. The maximum absolute atomic E-state index is 12.1. The summed E-state index contributed by atoms with van der Waals surface area (Å²) in [7, 11) is 0. The first-order valence-corrected chi connectivity index (χ1v) is 7.36. The van der Waals surface area contributed by atoms with Crippen LogP contribution in [-0.4, -0.2) is 23.1 Å². The van der Waals surface area contributed by atoms with E-state index in [1.54, 1.807) is 4.90 Å². The van der Waals surface area contributed by atoms with Crippen molar-refractivity contribution in [2.75, 3.05) is 6.54 Å². The number of hydrogen-bond acceptors (Lipinski definition) is 2. The fourth-order valence-corrected chi connectivity index (χ4v) is 2.41. The molecular weight excluding hydrogens is 250 g/mol. The lowest BCUT2D eigenvalue weighted by Gasteiger charge is -2.31. The van der Waals surface area contributed by atoms with Crippen molar-refractivity contribution in [1.82, 2.24) is 4.90 Å². The third kappa shape index (κ3) is 3.53. The van der Waals surface area contributed by atoms with Crippen LogP contribution in [-0.2, 0) is 17.7 Å². The Kier molecular flexibility index (Phi) is 4.07. The summed E-state index contributed by atoms with van der Waals surface area (Å²) >= 11 is 0. The quantitative estimate of drug-likeness (QED) is 0.772. The first kappa shape index (κ1) is 14.9. The van der Waals surface area contributed by atoms with Crippen LogP contribution in [0.3, 0.4) is 0 Å². The third-order valence-electron chi connectivity index (χ3n) is 3.56. The van der Waals surface area contributed by atoms with Gasteiger partial charge in [0, 0.05) is 13.1 Å². The Balaban J connectivity index is 2.10. The average Bonchev–Trinajstić information content (AvgIpc) is 2.35. The predicted molar refractivity (Wildman–Crippen MR) is 80.9 cm³/mol. The smallest absolute Gasteiger partial charge is 0.410 e. The number of rotatable bonds is 1. The Labute approximate surface area is 121 Å². The molecule has 0 aliphatic carbocycles. The number of fused-ring (bicyclic) bond motifs is 1. The van der Waals surface area contributed by atoms with Crippen LogP contribution in [0.25, 0.3) is 0 Å². The molecule has 1 aromatic rings. The summed E-state index contributed by atoms with van der Waals surface area (Å²) in [6.45, 7) is 11.5. The summed E-state index contributed by atoms with van der Waals surface area (Å²) in [6.07, 6.45) is 0.700. The van der Waals surface area contributed by atoms with Gasteiger partial charge in [-0.3, -0.25) is 0 Å². The van der Waals surface area contributed by atoms with E-state index in [2.05, 4.69) is 32.0 Å². The van der Waals surface area contributed by atoms with Crippen molar-refractivity contribution in [3.8, 4) is 0 Å². The number of hydrogen-bond donors (Lipinski definition) is 0. The van der Waals surface area contributed by atoms with E-state index in [1.165, 1.54) is 16.7 Å². The maximum Gasteiger partial charge on any atom is 0.410 e. The van der Waals surface area contributed by atoms with E-state index in [0.29, 0.717) is 12.5 Å². The third-order valence-corrected chi connectivity index (χ3v) is 3.56. The summed E-state index contributed by atoms with van der Waals surface area (Å²) in [6, 6.07) is 6.61. The van der Waals surface area contributed by atoms with Crippen LogP contribution < -0.4 is 0 Å². The number of carbonyl (C=O) groups excluding carboxylic acids is 1. The Hall–Kier alpha value is -1.51. The highest BCUT2D eigenvalue weighted by atomic mass is 16.6. The van der Waals surface area contributed by atoms with Gasteiger partial charge in [0.2, 0.25) is 0 Å². The van der Waals surface area contributed by atoms with Crippen molar-refractivity contribution in [3.05, 3.63) is 34.9 Å². The van der Waals surface area contributed by atoms with Crippen molar-refractivity contribution < 1.29 is 9.53 Å². The minimum Gasteiger partial charge on any atom is -0.444 e. The molecule has 1 aliphatic rings. The zero-order valence-electron chi connectivity index (χ0n) is 13.2. The highest BCUT2D eigenvalue weighted by Gasteiger charge is 2.25. The molecule has 1 aliphatic heterocycles. The molecule has 3 heteroatoms. The highest BCUT2D eigenvalue weighted by Crippen LogP contribution is 2.25. The summed E-state index contributed by atoms with van der Waals surface area (Å²) in [5.41, 5.74) is 3.55. The lowest BCUT2D eigenvalue weighted by Crippen LogP contribution is -2.39. The highest BCUT2D eigenvalue weighted by molar-refractivity contribution is 5.68. The molecule has 0 saturated carbocycles. The van der Waals surface area contributed by atoms with Crippen molar-refractivity contribution in [2.24, 2.45) is 0 Å². The molecule has 0 N–H and O–H groups in total. The van der Waals surface area contributed by atoms with Gasteiger partial charge >= 0.3 is 6.09 Å². The van der Waals surface area contributed by atoms with E-state index in [4.69, 9.17) is 4.74 Å². The van der Waals surface area contributed by atoms with E-state index in [-0.39, 0.29) is 6.09 Å². The standard InChI is InChI=1S/C17H25NO2/c1-12(2)13-6-7-15-11-18(9-8-14(15)10-13)16(19)20-17(3,4)5/h6-7,10,12H,8-9,11H2,1-5H3. The topological polar surface area (TPSA) is 29.5 Å². The molecule has 0 fully saturated rings. The first-order chi connectivity index (χ1) is 9.26. The van der Waals surface area contributed by atoms with Gasteiger partial charge in [-0.05, 0) is 49.8 Å². The van der Waals surface area contributed by atoms with E-state index < -0.39 is 5.60 Å². The molecule has 1 heterocycles. The molecule has 0 spiro atoms. The van der Waals surface area contributed by atoms with Gasteiger partial charge in [-0.15, -0.1) is 0 Å². The van der Waals surface area contributed by atoms with E-state index in [9.17, 15) is 4.79 Å². The average molecular weight is 275 g/mol. The predicted octanol–water partition coefficient (Wildman–Crippen LogP) is 4.10. The number of amides is 1. The second-order valence-electron chi connectivity index (χ2n) is 6.83. The van der Waals surface area contributed by atoms with Crippen molar-refractivity contribution >= 4 is 6.09 Å². The zero-order valence-corrected chi connectivity index (χ0v) is 13.2. The Morgan fingerprint density at radius 3 is 2.55 bits per heavy atom. The van der Waals surface area contributed by atoms with Gasteiger partial charge < -0.3 is 9.64 Å². The summed E-state index contributed by atoms with van der Waals surface area (Å²) in [5.74, 6) is 0.546. The minimum atomic E-state index is -0.432. The molecule has 0 atom stereocenters. The van der Waals surface area contributed by atoms with Crippen molar-refractivity contribution in [2.45, 2.75) is 59.1 Å². The fourth-order valence-electron chi connectivity index (χ4n) is 2.41. The summed E-state index contributed by atoms with van der Waals surface area (Å²) in [5, 5.41) is 0. The van der Waals surface area contributed by atoms with Gasteiger partial charge in [-0.1, -0.05) is 32.0 Å². The molecule has 110 valence electrons. The van der Waals surface area contributed by atoms with Crippen LogP contribution in [0.15, 0.2) is 18.2 Å². The monoisotopic (exact) mass is 275 g/mol. The second-order valence-corrected chi connectivity index (χ2v) is 6.83. The molecule has 1 amide bonds. The van der Waals surface area contributed by atoms with Gasteiger partial charge in [0.1, 0.15) is 5.60 Å². The van der Waals surface area contributed by atoms with Gasteiger partial charge in [-0.25, -0.2) is 4.79 Å². The van der Waals surface area contributed by atoms with Crippen LogP contribution in [0.2, 0.25) is 0 Å². The molecular formula is C17H25NO2. The molecule has 0 radical (unpaired) electrons. The fraction of sp³-hybridized carbons (Fsp3) is 0.588. The molecule has 20 heavy (non-hydrogen) atoms. The Morgan fingerprint density at radius 1 is 1.25 bits per heavy atom. The van der Waals surface area contributed by atoms with Crippen molar-refractivity contribution in [3.63, 3.8) is 0 Å². The minimum absolute atomic E-state index is 0.212. The largest absolute Gasteiger partial charge is 0.444 e. The van der Waals surface area contributed by atoms with Gasteiger partial charge in [0.25, 0.3) is 0 Å². The van der Waals surface area contributed by atoms with Gasteiger partial charge in [-0.2, -0.15) is 0 Å². The summed E-state index contributed by atoms with van der Waals surface area (Å²) < 4.78 is 5.44. The van der Waals surface area contributed by atoms with Crippen LogP contribution >= 0.6 is 0 Å². The van der Waals surface area contributed by atoms with Crippen molar-refractivity contribution in [1.29, 1.82) is 0 Å². The SMILES string of the molecule is CC(C)c1ccc2c(c1)CCN(C(=O)OC(C)(C)C)C2. The molecule has 0 bridgehead atoms. The second kappa shape index (κ2) is 5.47. The number of carbonyl (C=O) groups is 1. The number of benzene rings is 1. The molecule has 0 saturated heterocycles. The van der Waals surface area contributed by atoms with E-state index >= 15 is 0 Å². The molecule has 1 aromatic carbocycles. The van der Waals surface area contributed by atoms with Crippen LogP contribution in [0.4, 0.5) is 4.79 Å².